The number of rotatable bonds is 6. The van der Waals surface area contributed by atoms with Crippen molar-refractivity contribution in [3.8, 4) is 0 Å². The molecule has 0 bridgehead atoms. The zero-order valence-electron chi connectivity index (χ0n) is 19.5. The molecule has 0 saturated carbocycles. The second-order valence-electron chi connectivity index (χ2n) is 9.12. The molecule has 0 aliphatic carbocycles. The third-order valence-electron chi connectivity index (χ3n) is 5.28. The van der Waals surface area contributed by atoms with E-state index in [1.807, 2.05) is 17.1 Å². The molecule has 2 aromatic carbocycles. The summed E-state index contributed by atoms with van der Waals surface area (Å²) in [5.74, 6) is -0.227. The molecule has 3 rings (SSSR count). The highest BCUT2D eigenvalue weighted by Crippen LogP contribution is 2.29. The lowest BCUT2D eigenvalue weighted by molar-refractivity contribution is -0.127. The quantitative estimate of drug-likeness (QED) is 0.750. The summed E-state index contributed by atoms with van der Waals surface area (Å²) in [5, 5.41) is 1.93. The Morgan fingerprint density at radius 3 is 1.91 bits per heavy atom. The van der Waals surface area contributed by atoms with Crippen LogP contribution in [0.4, 0.5) is 4.79 Å². The minimum Gasteiger partial charge on any atom is -0.444 e. The SMILES string of the molecule is CN(CC(=O)NN1CCN(C(c2ccccc2)c2ccccc2)CC1)C(=O)OC(C)(C)C. The molecule has 1 aliphatic rings. The number of ether oxygens (including phenoxy) is 1. The smallest absolute Gasteiger partial charge is 0.410 e. The van der Waals surface area contributed by atoms with Gasteiger partial charge in [-0.05, 0) is 31.9 Å². The summed E-state index contributed by atoms with van der Waals surface area (Å²) in [6.45, 7) is 8.40. The van der Waals surface area contributed by atoms with E-state index in [1.165, 1.54) is 16.0 Å². The maximum Gasteiger partial charge on any atom is 0.410 e. The number of carbonyl (C=O) groups is 2. The van der Waals surface area contributed by atoms with Crippen LogP contribution in [0.15, 0.2) is 60.7 Å². The molecule has 7 nitrogen and oxygen atoms in total. The number of piperazine rings is 1. The number of hydrazine groups is 1. The maximum absolute atomic E-state index is 12.4. The van der Waals surface area contributed by atoms with Crippen LogP contribution >= 0.6 is 0 Å². The first-order valence-corrected chi connectivity index (χ1v) is 11.1. The number of nitrogens with one attached hydrogen (secondary N) is 1. The lowest BCUT2D eigenvalue weighted by Gasteiger charge is -2.39. The number of likely N-dealkylation sites (N-methyl/N-ethyl adjacent to an activating group) is 1. The fourth-order valence-electron chi connectivity index (χ4n) is 3.81. The zero-order chi connectivity index (χ0) is 23.1. The molecule has 1 fully saturated rings. The largest absolute Gasteiger partial charge is 0.444 e. The van der Waals surface area contributed by atoms with E-state index in [0.29, 0.717) is 13.1 Å². The van der Waals surface area contributed by atoms with Crippen LogP contribution in [-0.2, 0) is 9.53 Å². The first kappa shape index (κ1) is 23.8. The summed E-state index contributed by atoms with van der Waals surface area (Å²) in [4.78, 5) is 28.2. The lowest BCUT2D eigenvalue weighted by Crippen LogP contribution is -2.55. The molecular weight excluding hydrogens is 404 g/mol. The summed E-state index contributed by atoms with van der Waals surface area (Å²) < 4.78 is 5.30. The molecule has 0 aromatic heterocycles. The van der Waals surface area contributed by atoms with E-state index in [4.69, 9.17) is 4.74 Å². The molecule has 0 atom stereocenters. The molecule has 2 amide bonds. The van der Waals surface area contributed by atoms with Crippen LogP contribution in [0.1, 0.15) is 37.9 Å². The van der Waals surface area contributed by atoms with E-state index in [9.17, 15) is 9.59 Å². The van der Waals surface area contributed by atoms with Gasteiger partial charge in [0.1, 0.15) is 12.1 Å². The highest BCUT2D eigenvalue weighted by atomic mass is 16.6. The first-order valence-electron chi connectivity index (χ1n) is 11.1. The number of benzene rings is 2. The second-order valence-corrected chi connectivity index (χ2v) is 9.12. The van der Waals surface area contributed by atoms with Crippen LogP contribution in [0.25, 0.3) is 0 Å². The lowest BCUT2D eigenvalue weighted by atomic mass is 9.96. The Bertz CT molecular complexity index is 836. The van der Waals surface area contributed by atoms with Crippen LogP contribution in [0.3, 0.4) is 0 Å². The van der Waals surface area contributed by atoms with E-state index >= 15 is 0 Å². The molecule has 172 valence electrons. The van der Waals surface area contributed by atoms with Gasteiger partial charge >= 0.3 is 6.09 Å². The molecular formula is C25H34N4O3. The third kappa shape index (κ3) is 6.80. The molecule has 0 unspecified atom stereocenters. The molecule has 32 heavy (non-hydrogen) atoms. The predicted molar refractivity (Wildman–Crippen MR) is 125 cm³/mol. The predicted octanol–water partition coefficient (Wildman–Crippen LogP) is 3.29. The van der Waals surface area contributed by atoms with Crippen molar-refractivity contribution >= 4 is 12.0 Å². The Kier molecular flexibility index (Phi) is 7.88. The van der Waals surface area contributed by atoms with E-state index in [0.717, 1.165) is 13.1 Å². The number of nitrogens with zero attached hydrogens (tertiary/aromatic N) is 3. The molecule has 1 N–H and O–H groups in total. The summed E-state index contributed by atoms with van der Waals surface area (Å²) >= 11 is 0. The Hall–Kier alpha value is -2.90. The van der Waals surface area contributed by atoms with Crippen molar-refractivity contribution < 1.29 is 14.3 Å². The third-order valence-corrected chi connectivity index (χ3v) is 5.28. The Morgan fingerprint density at radius 1 is 0.938 bits per heavy atom. The molecule has 1 heterocycles. The van der Waals surface area contributed by atoms with Crippen LogP contribution in [0, 0.1) is 0 Å². The van der Waals surface area contributed by atoms with Crippen molar-refractivity contribution in [2.45, 2.75) is 32.4 Å². The van der Waals surface area contributed by atoms with Gasteiger partial charge in [-0.1, -0.05) is 60.7 Å². The number of hydrogen-bond acceptors (Lipinski definition) is 5. The summed E-state index contributed by atoms with van der Waals surface area (Å²) in [6.07, 6.45) is -0.508. The van der Waals surface area contributed by atoms with Gasteiger partial charge in [0.25, 0.3) is 5.91 Å². The Balaban J connectivity index is 1.55. The van der Waals surface area contributed by atoms with Gasteiger partial charge in [-0.15, -0.1) is 0 Å². The van der Waals surface area contributed by atoms with Gasteiger partial charge in [-0.25, -0.2) is 9.80 Å². The average Bonchev–Trinajstić information content (AvgIpc) is 2.75. The van der Waals surface area contributed by atoms with Gasteiger partial charge in [0, 0.05) is 33.2 Å². The highest BCUT2D eigenvalue weighted by Gasteiger charge is 2.27. The minimum atomic E-state index is -0.591. The highest BCUT2D eigenvalue weighted by molar-refractivity contribution is 5.81. The van der Waals surface area contributed by atoms with Gasteiger partial charge < -0.3 is 9.64 Å². The fourth-order valence-corrected chi connectivity index (χ4v) is 3.81. The van der Waals surface area contributed by atoms with Crippen LogP contribution in [-0.4, -0.2) is 72.2 Å². The maximum atomic E-state index is 12.4. The Labute approximate surface area is 190 Å². The van der Waals surface area contributed by atoms with Gasteiger partial charge in [0.15, 0.2) is 0 Å². The van der Waals surface area contributed by atoms with Crippen LogP contribution < -0.4 is 5.43 Å². The summed E-state index contributed by atoms with van der Waals surface area (Å²) in [7, 11) is 1.57. The fraction of sp³-hybridized carbons (Fsp3) is 0.440. The molecule has 1 saturated heterocycles. The van der Waals surface area contributed by atoms with Crippen molar-refractivity contribution in [1.29, 1.82) is 0 Å². The first-order chi connectivity index (χ1) is 15.2. The zero-order valence-corrected chi connectivity index (χ0v) is 19.5. The topological polar surface area (TPSA) is 65.1 Å². The van der Waals surface area contributed by atoms with Crippen molar-refractivity contribution in [2.24, 2.45) is 0 Å². The number of amides is 2. The summed E-state index contributed by atoms with van der Waals surface area (Å²) in [5.41, 5.74) is 4.85. The van der Waals surface area contributed by atoms with Crippen molar-refractivity contribution in [3.05, 3.63) is 71.8 Å². The average molecular weight is 439 g/mol. The van der Waals surface area contributed by atoms with Crippen molar-refractivity contribution in [2.75, 3.05) is 39.8 Å². The molecule has 7 heteroatoms. The van der Waals surface area contributed by atoms with Gasteiger partial charge in [-0.3, -0.25) is 15.1 Å². The van der Waals surface area contributed by atoms with E-state index in [-0.39, 0.29) is 18.5 Å². The molecule has 0 spiro atoms. The van der Waals surface area contributed by atoms with Gasteiger partial charge in [-0.2, -0.15) is 0 Å². The van der Waals surface area contributed by atoms with Crippen molar-refractivity contribution in [3.63, 3.8) is 0 Å². The Morgan fingerprint density at radius 2 is 1.44 bits per heavy atom. The minimum absolute atomic E-state index is 0.0498. The second kappa shape index (κ2) is 10.6. The number of carbonyl (C=O) groups excluding carboxylic acids is 2. The van der Waals surface area contributed by atoms with E-state index in [1.54, 1.807) is 27.8 Å². The summed E-state index contributed by atoms with van der Waals surface area (Å²) in [6, 6.07) is 21.2. The van der Waals surface area contributed by atoms with Gasteiger partial charge in [0.05, 0.1) is 6.04 Å². The monoisotopic (exact) mass is 438 g/mol. The van der Waals surface area contributed by atoms with Crippen molar-refractivity contribution in [1.82, 2.24) is 20.2 Å². The van der Waals surface area contributed by atoms with Crippen LogP contribution in [0.5, 0.6) is 0 Å². The van der Waals surface area contributed by atoms with E-state index in [2.05, 4.69) is 58.9 Å². The molecule has 0 radical (unpaired) electrons. The van der Waals surface area contributed by atoms with Crippen LogP contribution in [0.2, 0.25) is 0 Å². The standard InChI is InChI=1S/C25H34N4O3/c1-25(2,3)32-24(31)27(4)19-22(30)26-29-17-15-28(16-18-29)23(20-11-7-5-8-12-20)21-13-9-6-10-14-21/h5-14,23H,15-19H2,1-4H3,(H,26,30). The molecule has 2 aromatic rings. The number of hydrogen-bond donors (Lipinski definition) is 1. The van der Waals surface area contributed by atoms with Gasteiger partial charge in [0.2, 0.25) is 0 Å². The van der Waals surface area contributed by atoms with E-state index < -0.39 is 11.7 Å². The normalized spacial score (nSPS) is 15.4. The molecule has 1 aliphatic heterocycles.